The zero-order valence-corrected chi connectivity index (χ0v) is 12.6. The summed E-state index contributed by atoms with van der Waals surface area (Å²) < 4.78 is 0. The van der Waals surface area contributed by atoms with Gasteiger partial charge in [0.15, 0.2) is 0 Å². The van der Waals surface area contributed by atoms with Crippen LogP contribution in [0.4, 0.5) is 5.69 Å². The van der Waals surface area contributed by atoms with E-state index in [1.54, 1.807) is 36.2 Å². The van der Waals surface area contributed by atoms with E-state index >= 15 is 0 Å². The van der Waals surface area contributed by atoms with Crippen molar-refractivity contribution < 1.29 is 14.7 Å². The van der Waals surface area contributed by atoms with Crippen molar-refractivity contribution in [1.29, 1.82) is 0 Å². The minimum absolute atomic E-state index is 0.121. The number of hydrogen-bond donors (Lipinski definition) is 2. The number of likely N-dealkylation sites (N-methyl/N-ethyl adjacent to an activating group) is 1. The number of anilines is 1. The van der Waals surface area contributed by atoms with E-state index < -0.39 is 5.60 Å². The predicted octanol–water partition coefficient (Wildman–Crippen LogP) is 2.02. The lowest BCUT2D eigenvalue weighted by atomic mass is 10.0. The Morgan fingerprint density at radius 3 is 2.33 bits per heavy atom. The second-order valence-corrected chi connectivity index (χ2v) is 5.85. The van der Waals surface area contributed by atoms with E-state index in [9.17, 15) is 14.7 Å². The quantitative estimate of drug-likeness (QED) is 0.891. The molecule has 0 bridgehead atoms. The molecule has 0 radical (unpaired) electrons. The molecule has 0 atom stereocenters. The van der Waals surface area contributed by atoms with Crippen LogP contribution in [0, 0.1) is 0 Å². The Bertz CT molecular complexity index is 519. The second kappa shape index (κ2) is 6.26. The zero-order chi connectivity index (χ0) is 15.5. The molecule has 2 amide bonds. The van der Waals surface area contributed by atoms with Gasteiger partial charge < -0.3 is 15.3 Å². The maximum Gasteiger partial charge on any atom is 0.253 e. The monoisotopic (exact) mass is 290 g/mol. The average molecular weight is 290 g/mol. The fourth-order valence-electron chi connectivity index (χ4n) is 2.82. The minimum Gasteiger partial charge on any atom is -0.388 e. The molecule has 21 heavy (non-hydrogen) atoms. The van der Waals surface area contributed by atoms with E-state index in [2.05, 4.69) is 5.32 Å². The molecule has 5 nitrogen and oxygen atoms in total. The summed E-state index contributed by atoms with van der Waals surface area (Å²) in [7, 11) is 1.71. The fraction of sp³-hybridized carbons (Fsp3) is 0.500. The molecule has 114 valence electrons. The van der Waals surface area contributed by atoms with Crippen LogP contribution in [0.25, 0.3) is 0 Å². The highest BCUT2D eigenvalue weighted by Gasteiger charge is 2.33. The van der Waals surface area contributed by atoms with Crippen LogP contribution in [-0.4, -0.2) is 41.0 Å². The lowest BCUT2D eigenvalue weighted by Gasteiger charge is -2.28. The maximum atomic E-state index is 12.3. The first-order valence-corrected chi connectivity index (χ1v) is 7.25. The summed E-state index contributed by atoms with van der Waals surface area (Å²) in [5, 5.41) is 13.0. The topological polar surface area (TPSA) is 69.6 Å². The molecule has 1 aromatic carbocycles. The Morgan fingerprint density at radius 1 is 1.24 bits per heavy atom. The van der Waals surface area contributed by atoms with Gasteiger partial charge in [0, 0.05) is 31.8 Å². The summed E-state index contributed by atoms with van der Waals surface area (Å²) >= 11 is 0. The van der Waals surface area contributed by atoms with Crippen molar-refractivity contribution in [1.82, 2.24) is 4.90 Å². The Hall–Kier alpha value is -1.88. The molecular formula is C16H22N2O3. The summed E-state index contributed by atoms with van der Waals surface area (Å²) in [6.07, 6.45) is 3.55. The molecular weight excluding hydrogens is 268 g/mol. The van der Waals surface area contributed by atoms with Crippen molar-refractivity contribution >= 4 is 17.5 Å². The maximum absolute atomic E-state index is 12.3. The van der Waals surface area contributed by atoms with Crippen LogP contribution in [0.3, 0.4) is 0 Å². The van der Waals surface area contributed by atoms with Crippen LogP contribution in [0.2, 0.25) is 0 Å². The minimum atomic E-state index is -0.736. The van der Waals surface area contributed by atoms with Crippen molar-refractivity contribution in [3.63, 3.8) is 0 Å². The molecule has 1 aliphatic carbocycles. The van der Waals surface area contributed by atoms with Crippen molar-refractivity contribution in [3.8, 4) is 0 Å². The number of rotatable bonds is 4. The van der Waals surface area contributed by atoms with Gasteiger partial charge in [0.2, 0.25) is 5.91 Å². The molecule has 0 heterocycles. The van der Waals surface area contributed by atoms with Crippen LogP contribution in [0.1, 0.15) is 43.0 Å². The smallest absolute Gasteiger partial charge is 0.253 e. The largest absolute Gasteiger partial charge is 0.388 e. The Morgan fingerprint density at radius 2 is 1.81 bits per heavy atom. The van der Waals surface area contributed by atoms with Gasteiger partial charge in [-0.2, -0.15) is 0 Å². The fourth-order valence-corrected chi connectivity index (χ4v) is 2.82. The summed E-state index contributed by atoms with van der Waals surface area (Å²) in [5.41, 5.74) is 0.477. The van der Waals surface area contributed by atoms with E-state index in [1.807, 2.05) is 0 Å². The van der Waals surface area contributed by atoms with Gasteiger partial charge >= 0.3 is 0 Å². The lowest BCUT2D eigenvalue weighted by Crippen LogP contribution is -2.42. The molecule has 1 aliphatic rings. The Labute approximate surface area is 125 Å². The summed E-state index contributed by atoms with van der Waals surface area (Å²) in [6.45, 7) is 1.80. The third-order valence-corrected chi connectivity index (χ3v) is 3.86. The van der Waals surface area contributed by atoms with Crippen molar-refractivity contribution in [2.75, 3.05) is 18.9 Å². The van der Waals surface area contributed by atoms with Gasteiger partial charge in [-0.05, 0) is 37.1 Å². The summed E-state index contributed by atoms with van der Waals surface area (Å²) in [6, 6.07) is 6.77. The van der Waals surface area contributed by atoms with E-state index in [1.165, 1.54) is 6.92 Å². The van der Waals surface area contributed by atoms with Gasteiger partial charge in [-0.1, -0.05) is 12.8 Å². The third-order valence-electron chi connectivity index (χ3n) is 3.86. The molecule has 2 N–H and O–H groups in total. The average Bonchev–Trinajstić information content (AvgIpc) is 2.84. The molecule has 1 aromatic rings. The van der Waals surface area contributed by atoms with Gasteiger partial charge in [-0.3, -0.25) is 9.59 Å². The van der Waals surface area contributed by atoms with Gasteiger partial charge in [0.05, 0.1) is 5.60 Å². The van der Waals surface area contributed by atoms with E-state index in [0.29, 0.717) is 17.8 Å². The van der Waals surface area contributed by atoms with Crippen LogP contribution in [0.15, 0.2) is 24.3 Å². The second-order valence-electron chi connectivity index (χ2n) is 5.85. The van der Waals surface area contributed by atoms with Gasteiger partial charge in [-0.25, -0.2) is 0 Å². The first kappa shape index (κ1) is 15.5. The number of nitrogens with one attached hydrogen (secondary N) is 1. The molecule has 0 saturated heterocycles. The SMILES string of the molecule is CC(=O)Nc1ccc(C(=O)N(C)CC2(O)CCCC2)cc1. The van der Waals surface area contributed by atoms with Crippen LogP contribution in [0.5, 0.6) is 0 Å². The Kier molecular flexibility index (Phi) is 4.63. The summed E-state index contributed by atoms with van der Waals surface area (Å²) in [5.74, 6) is -0.264. The molecule has 0 spiro atoms. The van der Waals surface area contributed by atoms with Crippen molar-refractivity contribution in [3.05, 3.63) is 29.8 Å². The first-order chi connectivity index (χ1) is 9.89. The third kappa shape index (κ3) is 4.04. The standard InChI is InChI=1S/C16H22N2O3/c1-12(19)17-14-7-5-13(6-8-14)15(20)18(2)11-16(21)9-3-4-10-16/h5-8,21H,3-4,9-11H2,1-2H3,(H,17,19). The number of benzene rings is 1. The molecule has 0 aliphatic heterocycles. The number of hydrogen-bond acceptors (Lipinski definition) is 3. The Balaban J connectivity index is 2.00. The van der Waals surface area contributed by atoms with Crippen molar-refractivity contribution in [2.45, 2.75) is 38.2 Å². The van der Waals surface area contributed by atoms with Crippen LogP contribution < -0.4 is 5.32 Å². The molecule has 2 rings (SSSR count). The molecule has 5 heteroatoms. The number of amides is 2. The lowest BCUT2D eigenvalue weighted by molar-refractivity contribution is -0.114. The van der Waals surface area contributed by atoms with Gasteiger partial charge in [-0.15, -0.1) is 0 Å². The molecule has 1 saturated carbocycles. The van der Waals surface area contributed by atoms with E-state index in [-0.39, 0.29) is 11.8 Å². The summed E-state index contributed by atoms with van der Waals surface area (Å²) in [4.78, 5) is 24.9. The molecule has 1 fully saturated rings. The number of carbonyl (C=O) groups excluding carboxylic acids is 2. The highest BCUT2D eigenvalue weighted by Crippen LogP contribution is 2.30. The number of carbonyl (C=O) groups is 2. The zero-order valence-electron chi connectivity index (χ0n) is 12.6. The predicted molar refractivity (Wildman–Crippen MR) is 81.1 cm³/mol. The van der Waals surface area contributed by atoms with Crippen molar-refractivity contribution in [2.24, 2.45) is 0 Å². The van der Waals surface area contributed by atoms with Gasteiger partial charge in [0.1, 0.15) is 0 Å². The molecule has 0 unspecified atom stereocenters. The highest BCUT2D eigenvalue weighted by molar-refractivity contribution is 5.95. The number of aliphatic hydroxyl groups is 1. The van der Waals surface area contributed by atoms with Crippen LogP contribution >= 0.6 is 0 Å². The number of nitrogens with zero attached hydrogens (tertiary/aromatic N) is 1. The van der Waals surface area contributed by atoms with E-state index in [4.69, 9.17) is 0 Å². The highest BCUT2D eigenvalue weighted by atomic mass is 16.3. The van der Waals surface area contributed by atoms with E-state index in [0.717, 1.165) is 25.7 Å². The molecule has 0 aromatic heterocycles. The van der Waals surface area contributed by atoms with Gasteiger partial charge in [0.25, 0.3) is 5.91 Å². The van der Waals surface area contributed by atoms with Crippen LogP contribution in [-0.2, 0) is 4.79 Å². The first-order valence-electron chi connectivity index (χ1n) is 7.25. The normalized spacial score (nSPS) is 16.5.